The van der Waals surface area contributed by atoms with Gasteiger partial charge in [0.15, 0.2) is 11.9 Å². The first kappa shape index (κ1) is 23.8. The van der Waals surface area contributed by atoms with Crippen molar-refractivity contribution in [3.8, 4) is 11.8 Å². The molecule has 0 saturated heterocycles. The van der Waals surface area contributed by atoms with E-state index in [0.29, 0.717) is 22.0 Å². The highest BCUT2D eigenvalue weighted by Crippen LogP contribution is 2.46. The van der Waals surface area contributed by atoms with E-state index in [4.69, 9.17) is 10.00 Å². The fourth-order valence-corrected chi connectivity index (χ4v) is 3.40. The summed E-state index contributed by atoms with van der Waals surface area (Å²) in [4.78, 5) is 4.37. The fourth-order valence-electron chi connectivity index (χ4n) is 3.40. The maximum atomic E-state index is 15.7. The van der Waals surface area contributed by atoms with Crippen LogP contribution in [0.2, 0.25) is 0 Å². The summed E-state index contributed by atoms with van der Waals surface area (Å²) in [7, 11) is 0. The third-order valence-electron chi connectivity index (χ3n) is 5.18. The van der Waals surface area contributed by atoms with Crippen LogP contribution in [-0.2, 0) is 24.7 Å². The van der Waals surface area contributed by atoms with Gasteiger partial charge in [-0.2, -0.15) is 18.8 Å². The molecule has 0 bridgehead atoms. The van der Waals surface area contributed by atoms with Gasteiger partial charge >= 0.3 is 5.92 Å². The zero-order chi connectivity index (χ0) is 25.1. The molecule has 0 radical (unpaired) electrons. The van der Waals surface area contributed by atoms with Gasteiger partial charge in [-0.3, -0.25) is 4.98 Å². The Morgan fingerprint density at radius 2 is 1.91 bits per heavy atom. The van der Waals surface area contributed by atoms with Crippen molar-refractivity contribution in [2.75, 3.05) is 0 Å². The molecule has 2 aromatic carbocycles. The summed E-state index contributed by atoms with van der Waals surface area (Å²) in [6, 6.07) is 12.6. The molecule has 0 aliphatic rings. The van der Waals surface area contributed by atoms with Crippen molar-refractivity contribution < 1.29 is 27.4 Å². The van der Waals surface area contributed by atoms with Crippen LogP contribution in [0.4, 0.5) is 17.6 Å². The maximum Gasteiger partial charge on any atom is 0.323 e. The number of tetrazole rings is 1. The third kappa shape index (κ3) is 4.80. The van der Waals surface area contributed by atoms with Gasteiger partial charge in [-0.1, -0.05) is 12.1 Å². The number of hydrogen-bond donors (Lipinski definition) is 1. The number of nitrogens with zero attached hydrogens (tertiary/aromatic N) is 6. The molecule has 4 rings (SSSR count). The molecular weight excluding hydrogens is 468 g/mol. The number of hydrogen-bond acceptors (Lipinski definition) is 7. The van der Waals surface area contributed by atoms with Crippen LogP contribution in [-0.4, -0.2) is 30.3 Å². The van der Waals surface area contributed by atoms with Gasteiger partial charge in [0, 0.05) is 11.6 Å². The lowest BCUT2D eigenvalue weighted by Gasteiger charge is -2.35. The lowest BCUT2D eigenvalue weighted by molar-refractivity contribution is -0.209. The average molecular weight is 484 g/mol. The number of nitriles is 1. The molecule has 0 saturated carbocycles. The molecule has 0 aliphatic heterocycles. The Balaban J connectivity index is 1.63. The summed E-state index contributed by atoms with van der Waals surface area (Å²) in [6.45, 7) is -0.951. The van der Waals surface area contributed by atoms with E-state index < -0.39 is 41.0 Å². The second kappa shape index (κ2) is 9.47. The van der Waals surface area contributed by atoms with Crippen molar-refractivity contribution in [3.63, 3.8) is 0 Å². The zero-order valence-electron chi connectivity index (χ0n) is 17.8. The van der Waals surface area contributed by atoms with Gasteiger partial charge in [-0.05, 0) is 47.2 Å². The van der Waals surface area contributed by atoms with Gasteiger partial charge in [-0.25, -0.2) is 8.78 Å². The molecule has 0 amide bonds. The molecule has 2 aromatic heterocycles. The van der Waals surface area contributed by atoms with Gasteiger partial charge < -0.3 is 9.84 Å². The van der Waals surface area contributed by atoms with Crippen molar-refractivity contribution in [3.05, 3.63) is 101 Å². The van der Waals surface area contributed by atoms with Crippen LogP contribution in [0, 0.1) is 23.0 Å². The van der Waals surface area contributed by atoms with Crippen molar-refractivity contribution in [1.29, 1.82) is 5.26 Å². The van der Waals surface area contributed by atoms with E-state index in [1.165, 1.54) is 6.07 Å². The normalized spacial score (nSPS) is 13.1. The molecule has 1 unspecified atom stereocenters. The molecule has 0 spiro atoms. The Bertz CT molecular complexity index is 1360. The van der Waals surface area contributed by atoms with E-state index >= 15 is 8.78 Å². The van der Waals surface area contributed by atoms with Gasteiger partial charge in [0.05, 0.1) is 17.8 Å². The standard InChI is InChI=1S/C23H16F4N6O2/c24-17-4-6-19(20(25)9-17)22(34,13-33-31-14-30-32-33)23(26,27)21-7-5-18(11-29-21)35-12-16-3-1-2-15(8-16)10-28/h1-9,11,14,34H,12-13H2. The summed E-state index contributed by atoms with van der Waals surface area (Å²) >= 11 is 0. The summed E-state index contributed by atoms with van der Waals surface area (Å²) in [5, 5.41) is 30.6. The predicted molar refractivity (Wildman–Crippen MR) is 112 cm³/mol. The van der Waals surface area contributed by atoms with Crippen LogP contribution in [0.1, 0.15) is 22.4 Å². The summed E-state index contributed by atoms with van der Waals surface area (Å²) in [6.07, 6.45) is 1.98. The highest BCUT2D eigenvalue weighted by Gasteiger charge is 2.58. The maximum absolute atomic E-state index is 15.7. The van der Waals surface area contributed by atoms with Gasteiger partial charge in [0.25, 0.3) is 0 Å². The third-order valence-corrected chi connectivity index (χ3v) is 5.18. The highest BCUT2D eigenvalue weighted by molar-refractivity contribution is 5.34. The minimum Gasteiger partial charge on any atom is -0.487 e. The highest BCUT2D eigenvalue weighted by atomic mass is 19.3. The first-order chi connectivity index (χ1) is 16.7. The second-order valence-corrected chi connectivity index (χ2v) is 7.51. The molecule has 1 atom stereocenters. The number of rotatable bonds is 8. The molecule has 178 valence electrons. The lowest BCUT2D eigenvalue weighted by Crippen LogP contribution is -2.48. The number of benzene rings is 2. The van der Waals surface area contributed by atoms with Gasteiger partial charge in [0.1, 0.15) is 36.2 Å². The number of aromatic nitrogens is 5. The number of ether oxygens (including phenoxy) is 1. The molecule has 0 fully saturated rings. The minimum atomic E-state index is -4.18. The van der Waals surface area contributed by atoms with E-state index in [2.05, 4.69) is 20.4 Å². The summed E-state index contributed by atoms with van der Waals surface area (Å²) in [5.74, 6) is -6.43. The van der Waals surface area contributed by atoms with E-state index in [9.17, 15) is 13.9 Å². The Labute approximate surface area is 196 Å². The topological polar surface area (TPSA) is 110 Å². The summed E-state index contributed by atoms with van der Waals surface area (Å²) in [5.41, 5.74) is -3.91. The predicted octanol–water partition coefficient (Wildman–Crippen LogP) is 3.48. The molecule has 2 heterocycles. The van der Waals surface area contributed by atoms with Crippen LogP contribution in [0.15, 0.2) is 67.1 Å². The second-order valence-electron chi connectivity index (χ2n) is 7.51. The molecule has 4 aromatic rings. The van der Waals surface area contributed by atoms with Crippen molar-refractivity contribution in [1.82, 2.24) is 25.2 Å². The fraction of sp³-hybridized carbons (Fsp3) is 0.174. The largest absolute Gasteiger partial charge is 0.487 e. The monoisotopic (exact) mass is 484 g/mol. The number of alkyl halides is 2. The van der Waals surface area contributed by atoms with E-state index in [0.717, 1.165) is 30.7 Å². The minimum absolute atomic E-state index is 0.0512. The van der Waals surface area contributed by atoms with Crippen molar-refractivity contribution >= 4 is 0 Å². The zero-order valence-corrected chi connectivity index (χ0v) is 17.8. The van der Waals surface area contributed by atoms with Crippen LogP contribution in [0.3, 0.4) is 0 Å². The number of halogens is 4. The quantitative estimate of drug-likeness (QED) is 0.382. The molecule has 0 aliphatic carbocycles. The van der Waals surface area contributed by atoms with E-state index in [1.807, 2.05) is 6.07 Å². The molecule has 1 N–H and O–H groups in total. The van der Waals surface area contributed by atoms with Gasteiger partial charge in [0.2, 0.25) is 0 Å². The molecule has 12 heteroatoms. The van der Waals surface area contributed by atoms with Crippen LogP contribution in [0.25, 0.3) is 0 Å². The number of pyridine rings is 1. The molecular formula is C23H16F4N6O2. The Hall–Kier alpha value is -4.37. The summed E-state index contributed by atoms with van der Waals surface area (Å²) < 4.78 is 64.9. The van der Waals surface area contributed by atoms with Crippen molar-refractivity contribution in [2.45, 2.75) is 24.7 Å². The SMILES string of the molecule is N#Cc1cccc(COc2ccc(C(F)(F)C(O)(Cn3ncnn3)c3ccc(F)cc3F)nc2)c1. The smallest absolute Gasteiger partial charge is 0.323 e. The van der Waals surface area contributed by atoms with Crippen LogP contribution < -0.4 is 4.74 Å². The first-order valence-corrected chi connectivity index (χ1v) is 10.1. The van der Waals surface area contributed by atoms with Gasteiger partial charge in [-0.15, -0.1) is 10.2 Å². The number of aliphatic hydroxyl groups is 1. The lowest BCUT2D eigenvalue weighted by atomic mass is 9.84. The van der Waals surface area contributed by atoms with Crippen LogP contribution >= 0.6 is 0 Å². The van der Waals surface area contributed by atoms with Crippen LogP contribution in [0.5, 0.6) is 5.75 Å². The van der Waals surface area contributed by atoms with Crippen molar-refractivity contribution in [2.24, 2.45) is 0 Å². The molecule has 8 nitrogen and oxygen atoms in total. The average Bonchev–Trinajstić information content (AvgIpc) is 3.35. The molecule has 35 heavy (non-hydrogen) atoms. The first-order valence-electron chi connectivity index (χ1n) is 10.1. The Morgan fingerprint density at radius 1 is 1.09 bits per heavy atom. The van der Waals surface area contributed by atoms with E-state index in [-0.39, 0.29) is 12.4 Å². The Morgan fingerprint density at radius 3 is 2.57 bits per heavy atom. The Kier molecular flexibility index (Phi) is 6.44. The van der Waals surface area contributed by atoms with E-state index in [1.54, 1.807) is 24.3 Å².